The highest BCUT2D eigenvalue weighted by Gasteiger charge is 2.20. The van der Waals surface area contributed by atoms with Gasteiger partial charge in [0.25, 0.3) is 32.1 Å². The summed E-state index contributed by atoms with van der Waals surface area (Å²) in [6, 6.07) is 21.6. The molecule has 0 atom stereocenters. The van der Waals surface area contributed by atoms with Gasteiger partial charge in [-0.2, -0.15) is 16.8 Å². The van der Waals surface area contributed by atoms with E-state index in [9.17, 15) is 50.5 Å². The van der Waals surface area contributed by atoms with Crippen molar-refractivity contribution in [1.29, 1.82) is 0 Å². The average molecular weight is 771 g/mol. The third kappa shape index (κ3) is 8.08. The summed E-state index contributed by atoms with van der Waals surface area (Å²) in [5, 5.41) is 30.9. The van der Waals surface area contributed by atoms with Crippen LogP contribution in [0.2, 0.25) is 0 Å². The minimum absolute atomic E-state index is 0.102. The molecule has 276 valence electrons. The van der Waals surface area contributed by atoms with Crippen molar-refractivity contribution >= 4 is 82.4 Å². The molecule has 6 aromatic carbocycles. The van der Waals surface area contributed by atoms with E-state index in [1.807, 2.05) is 0 Å². The predicted octanol–water partition coefficient (Wildman–Crippen LogP) is 6.28. The molecule has 0 radical (unpaired) electrons. The summed E-state index contributed by atoms with van der Waals surface area (Å²) < 4.78 is 67.8. The van der Waals surface area contributed by atoms with Gasteiger partial charge in [-0.05, 0) is 121 Å². The summed E-state index contributed by atoms with van der Waals surface area (Å²) in [5.74, 6) is -1.99. The lowest BCUT2D eigenvalue weighted by Crippen LogP contribution is -2.42. The van der Waals surface area contributed by atoms with Crippen molar-refractivity contribution in [2.24, 2.45) is 0 Å². The van der Waals surface area contributed by atoms with E-state index in [0.717, 1.165) is 0 Å². The second-order valence-corrected chi connectivity index (χ2v) is 15.0. The molecule has 0 spiro atoms. The Hall–Kier alpha value is -6.53. The van der Waals surface area contributed by atoms with Gasteiger partial charge in [-0.1, -0.05) is 12.1 Å². The van der Waals surface area contributed by atoms with Crippen LogP contribution >= 0.6 is 0 Å². The highest BCUT2D eigenvalue weighted by atomic mass is 32.2. The number of hydrogen-bond donors (Lipinski definition) is 8. The zero-order chi connectivity index (χ0) is 39.1. The van der Waals surface area contributed by atoms with Gasteiger partial charge in [0.05, 0.1) is 0 Å². The van der Waals surface area contributed by atoms with Gasteiger partial charge >= 0.3 is 6.03 Å². The lowest BCUT2D eigenvalue weighted by atomic mass is 10.1. The smallest absolute Gasteiger partial charge is 0.328 e. The number of fused-ring (bicyclic) bond motifs is 2. The fourth-order valence-corrected chi connectivity index (χ4v) is 7.35. The van der Waals surface area contributed by atoms with Crippen molar-refractivity contribution in [1.82, 2.24) is 10.6 Å². The molecule has 0 heterocycles. The molecule has 6 aromatic rings. The fraction of sp³-hybridized carbons (Fsp3) is 0.0541. The number of anilines is 4. The summed E-state index contributed by atoms with van der Waals surface area (Å²) in [5.41, 5.74) is 2.50. The van der Waals surface area contributed by atoms with Crippen LogP contribution in [0.15, 0.2) is 107 Å². The van der Waals surface area contributed by atoms with Gasteiger partial charge in [0.1, 0.15) is 21.3 Å². The van der Waals surface area contributed by atoms with E-state index in [1.54, 1.807) is 38.1 Å². The van der Waals surface area contributed by atoms with Gasteiger partial charge < -0.3 is 20.8 Å². The van der Waals surface area contributed by atoms with Gasteiger partial charge in [0.15, 0.2) is 0 Å². The topological polar surface area (TPSA) is 249 Å². The Labute approximate surface area is 307 Å². The molecule has 0 saturated carbocycles. The molecule has 0 aliphatic heterocycles. The predicted molar refractivity (Wildman–Crippen MR) is 200 cm³/mol. The zero-order valence-electron chi connectivity index (χ0n) is 28.2. The number of urea groups is 1. The van der Waals surface area contributed by atoms with Crippen molar-refractivity contribution in [2.75, 3.05) is 10.6 Å². The molecule has 17 heteroatoms. The van der Waals surface area contributed by atoms with Crippen LogP contribution in [0.5, 0.6) is 11.5 Å². The van der Waals surface area contributed by atoms with Crippen LogP contribution in [0, 0.1) is 13.8 Å². The molecule has 0 unspecified atom stereocenters. The lowest BCUT2D eigenvalue weighted by Gasteiger charge is -2.14. The minimum atomic E-state index is -4.65. The molecule has 8 N–H and O–H groups in total. The third-order valence-electron chi connectivity index (χ3n) is 8.33. The van der Waals surface area contributed by atoms with Gasteiger partial charge in [-0.3, -0.25) is 29.3 Å². The molecular formula is C37H30N4O11S2. The molecular weight excluding hydrogens is 741 g/mol. The summed E-state index contributed by atoms with van der Waals surface area (Å²) in [7, 11) is -9.31. The number of aromatic hydroxyl groups is 2. The Morgan fingerprint density at radius 1 is 0.500 bits per heavy atom. The van der Waals surface area contributed by atoms with Crippen molar-refractivity contribution < 1.29 is 50.5 Å². The first-order valence-electron chi connectivity index (χ1n) is 15.8. The molecule has 0 aromatic heterocycles. The Bertz CT molecular complexity index is 2600. The number of nitrogens with one attached hydrogen (secondary N) is 4. The fourth-order valence-electron chi connectivity index (χ4n) is 5.89. The summed E-state index contributed by atoms with van der Waals surface area (Å²) in [6.45, 7) is 3.20. The molecule has 0 fully saturated rings. The van der Waals surface area contributed by atoms with E-state index < -0.39 is 47.9 Å². The number of benzene rings is 6. The maximum absolute atomic E-state index is 13.0. The number of carbonyl (C=O) groups is 3. The largest absolute Gasteiger partial charge is 0.508 e. The van der Waals surface area contributed by atoms with Gasteiger partial charge in [-0.25, -0.2) is 4.79 Å². The van der Waals surface area contributed by atoms with Crippen LogP contribution < -0.4 is 21.3 Å². The number of carbonyl (C=O) groups excluding carboxylic acids is 3. The van der Waals surface area contributed by atoms with Gasteiger partial charge in [-0.15, -0.1) is 0 Å². The van der Waals surface area contributed by atoms with Crippen LogP contribution in [0.3, 0.4) is 0 Å². The second kappa shape index (κ2) is 14.1. The minimum Gasteiger partial charge on any atom is -0.508 e. The number of rotatable bonds is 8. The quantitative estimate of drug-likeness (QED) is 0.0795. The normalized spacial score (nSPS) is 11.6. The Balaban J connectivity index is 1.11. The Morgan fingerprint density at radius 3 is 1.24 bits per heavy atom. The number of phenolic OH excluding ortho intramolecular Hbond substituents is 2. The molecule has 0 aliphatic rings. The zero-order valence-corrected chi connectivity index (χ0v) is 29.8. The van der Waals surface area contributed by atoms with Gasteiger partial charge in [0, 0.05) is 44.6 Å². The lowest BCUT2D eigenvalue weighted by molar-refractivity contribution is 0.0944. The van der Waals surface area contributed by atoms with Crippen LogP contribution in [0.1, 0.15) is 31.8 Å². The molecule has 6 rings (SSSR count). The highest BCUT2D eigenvalue weighted by molar-refractivity contribution is 7.86. The van der Waals surface area contributed by atoms with Crippen LogP contribution in [0.25, 0.3) is 21.5 Å². The molecule has 0 bridgehead atoms. The van der Waals surface area contributed by atoms with E-state index in [4.69, 9.17) is 0 Å². The SMILES string of the molecule is Cc1cc(Nc2cc(S(=O)(=O)O)c3cc(O)ccc3c2)ccc1C(=O)NC(=O)NC(=O)c1ccc(Nc2cc(S(=O)(=O)O)c3cc(O)ccc3c2)cc1C. The molecule has 54 heavy (non-hydrogen) atoms. The van der Waals surface area contributed by atoms with E-state index in [-0.39, 0.29) is 44.8 Å². The van der Waals surface area contributed by atoms with E-state index >= 15 is 0 Å². The molecule has 4 amide bonds. The van der Waals surface area contributed by atoms with Crippen LogP contribution in [-0.2, 0) is 20.2 Å². The van der Waals surface area contributed by atoms with E-state index in [0.29, 0.717) is 33.3 Å². The Morgan fingerprint density at radius 2 is 0.889 bits per heavy atom. The van der Waals surface area contributed by atoms with Crippen LogP contribution in [-0.4, -0.2) is 54.0 Å². The second-order valence-electron chi connectivity index (χ2n) is 12.3. The van der Waals surface area contributed by atoms with E-state index in [2.05, 4.69) is 21.3 Å². The van der Waals surface area contributed by atoms with Crippen molar-refractivity contribution in [3.63, 3.8) is 0 Å². The van der Waals surface area contributed by atoms with Gasteiger partial charge in [0.2, 0.25) is 0 Å². The van der Waals surface area contributed by atoms with Crippen LogP contribution in [0.4, 0.5) is 27.5 Å². The number of aryl methyl sites for hydroxylation is 2. The number of amides is 4. The maximum atomic E-state index is 13.0. The average Bonchev–Trinajstić information content (AvgIpc) is 3.07. The summed E-state index contributed by atoms with van der Waals surface area (Å²) in [6.07, 6.45) is 0. The number of imide groups is 2. The first-order chi connectivity index (χ1) is 25.3. The standard InChI is InChI=1S/C37H30N4O11S2/c1-19-11-23(38-25-13-21-3-7-27(42)17-31(21)33(15-25)53(47,48)49)5-9-29(19)35(44)40-37(46)41-36(45)30-10-6-24(12-20(30)2)39-26-14-22-4-8-28(43)18-32(22)34(16-26)54(50,51)52/h3-18,38-39,42-43H,1-2H3,(H,47,48,49)(H,50,51,52)(H2,40,41,44,45,46). The number of phenols is 2. The molecule has 0 saturated heterocycles. The summed E-state index contributed by atoms with van der Waals surface area (Å²) >= 11 is 0. The monoisotopic (exact) mass is 770 g/mol. The third-order valence-corrected chi connectivity index (χ3v) is 10.1. The summed E-state index contributed by atoms with van der Waals surface area (Å²) in [4.78, 5) is 37.8. The maximum Gasteiger partial charge on any atom is 0.328 e. The van der Waals surface area contributed by atoms with Crippen molar-refractivity contribution in [3.8, 4) is 11.5 Å². The van der Waals surface area contributed by atoms with Crippen molar-refractivity contribution in [2.45, 2.75) is 23.6 Å². The van der Waals surface area contributed by atoms with E-state index in [1.165, 1.54) is 72.8 Å². The highest BCUT2D eigenvalue weighted by Crippen LogP contribution is 2.33. The Kier molecular flexibility index (Phi) is 9.74. The molecule has 0 aliphatic carbocycles. The first-order valence-corrected chi connectivity index (χ1v) is 18.6. The number of hydrogen-bond acceptors (Lipinski definition) is 11. The van der Waals surface area contributed by atoms with Crippen molar-refractivity contribution in [3.05, 3.63) is 119 Å². The first kappa shape index (κ1) is 37.2. The molecule has 15 nitrogen and oxygen atoms in total.